The summed E-state index contributed by atoms with van der Waals surface area (Å²) in [6.07, 6.45) is 0.621. The first-order valence-corrected chi connectivity index (χ1v) is 8.31. The van der Waals surface area contributed by atoms with Crippen LogP contribution in [0, 0.1) is 0 Å². The molecule has 0 aliphatic carbocycles. The van der Waals surface area contributed by atoms with Gasteiger partial charge in [-0.3, -0.25) is 0 Å². The Morgan fingerprint density at radius 1 is 1.40 bits per heavy atom. The summed E-state index contributed by atoms with van der Waals surface area (Å²) in [4.78, 5) is 10.9. The molecule has 0 aliphatic heterocycles. The van der Waals surface area contributed by atoms with Crippen LogP contribution in [0.4, 0.5) is 0 Å². The van der Waals surface area contributed by atoms with Crippen LogP contribution in [0.3, 0.4) is 0 Å². The van der Waals surface area contributed by atoms with E-state index in [0.29, 0.717) is 13.0 Å². The summed E-state index contributed by atoms with van der Waals surface area (Å²) < 4.78 is 26.7. The molecule has 3 N–H and O–H groups in total. The molecule has 0 heterocycles. The third kappa shape index (κ3) is 4.42. The SMILES string of the molecule is CNCCCNS(=O)(=O)c1cc(Br)c(Cl)c(C(=O)O)c1. The maximum absolute atomic E-state index is 12.0. The quantitative estimate of drug-likeness (QED) is 0.621. The van der Waals surface area contributed by atoms with Crippen LogP contribution < -0.4 is 10.0 Å². The van der Waals surface area contributed by atoms with Crippen molar-refractivity contribution < 1.29 is 18.3 Å². The standard InChI is InChI=1S/C11H14BrClN2O4S/c1-14-3-2-4-15-20(18,19)7-5-8(11(16)17)10(13)9(12)6-7/h5-6,14-15H,2-4H2,1H3,(H,16,17). The number of hydrogen-bond acceptors (Lipinski definition) is 4. The zero-order chi connectivity index (χ0) is 15.3. The third-order valence-electron chi connectivity index (χ3n) is 2.44. The second-order valence-electron chi connectivity index (χ2n) is 3.93. The molecule has 0 saturated carbocycles. The first-order chi connectivity index (χ1) is 9.29. The zero-order valence-electron chi connectivity index (χ0n) is 10.6. The zero-order valence-corrected chi connectivity index (χ0v) is 13.8. The van der Waals surface area contributed by atoms with Gasteiger partial charge in [0.2, 0.25) is 10.0 Å². The highest BCUT2D eigenvalue weighted by Crippen LogP contribution is 2.29. The number of carboxylic acid groups (broad SMARTS) is 1. The first-order valence-electron chi connectivity index (χ1n) is 5.66. The van der Waals surface area contributed by atoms with Gasteiger partial charge in [0.1, 0.15) is 0 Å². The lowest BCUT2D eigenvalue weighted by Gasteiger charge is -2.09. The fourth-order valence-electron chi connectivity index (χ4n) is 1.43. The highest BCUT2D eigenvalue weighted by molar-refractivity contribution is 9.10. The molecule has 0 bridgehead atoms. The summed E-state index contributed by atoms with van der Waals surface area (Å²) in [5, 5.41) is 11.9. The van der Waals surface area contributed by atoms with Gasteiger partial charge in [-0.15, -0.1) is 0 Å². The summed E-state index contributed by atoms with van der Waals surface area (Å²) in [5.41, 5.74) is -0.267. The van der Waals surface area contributed by atoms with E-state index in [4.69, 9.17) is 16.7 Å². The number of sulfonamides is 1. The van der Waals surface area contributed by atoms with E-state index < -0.39 is 16.0 Å². The summed E-state index contributed by atoms with van der Waals surface area (Å²) in [5.74, 6) is -1.29. The average Bonchev–Trinajstić information content (AvgIpc) is 2.37. The smallest absolute Gasteiger partial charge is 0.337 e. The average molecular weight is 386 g/mol. The van der Waals surface area contributed by atoms with Gasteiger partial charge in [-0.05, 0) is 48.1 Å². The Balaban J connectivity index is 3.04. The number of rotatable bonds is 7. The molecule has 9 heteroatoms. The number of carboxylic acids is 1. The molecule has 0 unspecified atom stereocenters. The highest BCUT2D eigenvalue weighted by Gasteiger charge is 2.20. The molecule has 0 fully saturated rings. The van der Waals surface area contributed by atoms with E-state index in [1.54, 1.807) is 7.05 Å². The summed E-state index contributed by atoms with van der Waals surface area (Å²) in [6.45, 7) is 0.930. The Bertz CT molecular complexity index is 607. The van der Waals surface area contributed by atoms with Crippen LogP contribution >= 0.6 is 27.5 Å². The van der Waals surface area contributed by atoms with Crippen LogP contribution in [-0.2, 0) is 10.0 Å². The molecule has 0 saturated heterocycles. The molecule has 1 aromatic rings. The van der Waals surface area contributed by atoms with Gasteiger partial charge in [0.25, 0.3) is 0 Å². The molecule has 112 valence electrons. The van der Waals surface area contributed by atoms with Gasteiger partial charge in [-0.2, -0.15) is 0 Å². The molecule has 1 rings (SSSR count). The van der Waals surface area contributed by atoms with Gasteiger partial charge in [-0.1, -0.05) is 11.6 Å². The lowest BCUT2D eigenvalue weighted by atomic mass is 10.2. The van der Waals surface area contributed by atoms with Crippen molar-refractivity contribution in [2.24, 2.45) is 0 Å². The van der Waals surface area contributed by atoms with Crippen molar-refractivity contribution in [1.29, 1.82) is 0 Å². The van der Waals surface area contributed by atoms with Crippen molar-refractivity contribution in [1.82, 2.24) is 10.0 Å². The normalized spacial score (nSPS) is 11.6. The second-order valence-corrected chi connectivity index (χ2v) is 6.93. The van der Waals surface area contributed by atoms with Crippen LogP contribution in [-0.4, -0.2) is 39.6 Å². The van der Waals surface area contributed by atoms with Crippen molar-refractivity contribution in [3.63, 3.8) is 0 Å². The van der Waals surface area contributed by atoms with E-state index in [-0.39, 0.29) is 26.5 Å². The Morgan fingerprint density at radius 2 is 2.05 bits per heavy atom. The number of halogens is 2. The van der Waals surface area contributed by atoms with Crippen LogP contribution in [0.15, 0.2) is 21.5 Å². The maximum atomic E-state index is 12.0. The van der Waals surface area contributed by atoms with Gasteiger partial charge in [0.15, 0.2) is 0 Å². The maximum Gasteiger partial charge on any atom is 0.337 e. The topological polar surface area (TPSA) is 95.5 Å². The molecular formula is C11H14BrClN2O4S. The fraction of sp³-hybridized carbons (Fsp3) is 0.364. The molecule has 0 spiro atoms. The van der Waals surface area contributed by atoms with Crippen molar-refractivity contribution in [3.05, 3.63) is 27.2 Å². The van der Waals surface area contributed by atoms with Crippen LogP contribution in [0.5, 0.6) is 0 Å². The van der Waals surface area contributed by atoms with E-state index >= 15 is 0 Å². The number of hydrogen-bond donors (Lipinski definition) is 3. The van der Waals surface area contributed by atoms with E-state index in [1.807, 2.05) is 0 Å². The molecule has 0 amide bonds. The van der Waals surface area contributed by atoms with E-state index in [0.717, 1.165) is 6.07 Å². The summed E-state index contributed by atoms with van der Waals surface area (Å²) in [7, 11) is -2.00. The molecule has 20 heavy (non-hydrogen) atoms. The number of aromatic carboxylic acids is 1. The van der Waals surface area contributed by atoms with Crippen LogP contribution in [0.2, 0.25) is 5.02 Å². The highest BCUT2D eigenvalue weighted by atomic mass is 79.9. The Labute approximate surface area is 130 Å². The number of nitrogens with one attached hydrogen (secondary N) is 2. The monoisotopic (exact) mass is 384 g/mol. The predicted molar refractivity (Wildman–Crippen MR) is 79.8 cm³/mol. The summed E-state index contributed by atoms with van der Waals surface area (Å²) in [6, 6.07) is 2.31. The lowest BCUT2D eigenvalue weighted by molar-refractivity contribution is 0.0696. The van der Waals surface area contributed by atoms with Gasteiger partial charge in [-0.25, -0.2) is 17.9 Å². The molecular weight excluding hydrogens is 372 g/mol. The van der Waals surface area contributed by atoms with E-state index in [1.165, 1.54) is 6.07 Å². The molecule has 0 aliphatic rings. The van der Waals surface area contributed by atoms with Crippen molar-refractivity contribution >= 4 is 43.5 Å². The molecule has 0 radical (unpaired) electrons. The minimum Gasteiger partial charge on any atom is -0.478 e. The van der Waals surface area contributed by atoms with E-state index in [9.17, 15) is 13.2 Å². The fourth-order valence-corrected chi connectivity index (χ4v) is 3.36. The van der Waals surface area contributed by atoms with E-state index in [2.05, 4.69) is 26.0 Å². The molecule has 0 atom stereocenters. The van der Waals surface area contributed by atoms with Crippen LogP contribution in [0.25, 0.3) is 0 Å². The Morgan fingerprint density at radius 3 is 2.60 bits per heavy atom. The number of benzene rings is 1. The van der Waals surface area contributed by atoms with Crippen molar-refractivity contribution in [2.75, 3.05) is 20.1 Å². The molecule has 0 aromatic heterocycles. The largest absolute Gasteiger partial charge is 0.478 e. The molecule has 1 aromatic carbocycles. The number of carbonyl (C=O) groups is 1. The van der Waals surface area contributed by atoms with Gasteiger partial charge in [0, 0.05) is 11.0 Å². The molecule has 6 nitrogen and oxygen atoms in total. The van der Waals surface area contributed by atoms with Gasteiger partial charge in [0.05, 0.1) is 15.5 Å². The third-order valence-corrected chi connectivity index (χ3v) is 5.14. The predicted octanol–water partition coefficient (Wildman–Crippen LogP) is 1.69. The minimum atomic E-state index is -3.77. The van der Waals surface area contributed by atoms with Crippen molar-refractivity contribution in [2.45, 2.75) is 11.3 Å². The first kappa shape index (κ1) is 17.4. The van der Waals surface area contributed by atoms with Gasteiger partial charge < -0.3 is 10.4 Å². The Kier molecular flexibility index (Phi) is 6.41. The second kappa shape index (κ2) is 7.37. The Hall–Kier alpha value is -0.670. The van der Waals surface area contributed by atoms with Gasteiger partial charge >= 0.3 is 5.97 Å². The minimum absolute atomic E-state index is 0.0355. The summed E-state index contributed by atoms with van der Waals surface area (Å²) >= 11 is 8.86. The van der Waals surface area contributed by atoms with Crippen LogP contribution in [0.1, 0.15) is 16.8 Å². The lowest BCUT2D eigenvalue weighted by Crippen LogP contribution is -2.27. The van der Waals surface area contributed by atoms with Crippen molar-refractivity contribution in [3.8, 4) is 0 Å².